The van der Waals surface area contributed by atoms with Crippen LogP contribution in [0.4, 0.5) is 28.8 Å². The summed E-state index contributed by atoms with van der Waals surface area (Å²) in [5, 5.41) is 17.8. The van der Waals surface area contributed by atoms with Crippen LogP contribution in [-0.4, -0.2) is 200 Å². The predicted molar refractivity (Wildman–Crippen MR) is 533 cm³/mol. The van der Waals surface area contributed by atoms with Crippen LogP contribution in [0.5, 0.6) is 11.5 Å². The molecule has 7 fully saturated rings. The maximum Gasteiger partial charge on any atom is 0.407 e. The van der Waals surface area contributed by atoms with Gasteiger partial charge in [-0.05, 0) is 302 Å². The molecule has 776 valence electrons. The fraction of sp³-hybridized carbons (Fsp3) is 0.600. The molecule has 32 heteroatoms. The first kappa shape index (κ1) is 116. The second kappa shape index (κ2) is 58.5. The Labute approximate surface area is 838 Å². The van der Waals surface area contributed by atoms with Gasteiger partial charge in [-0.15, -0.1) is 0 Å². The van der Waals surface area contributed by atoms with Gasteiger partial charge in [-0.2, -0.15) is 0 Å². The summed E-state index contributed by atoms with van der Waals surface area (Å²) in [6.45, 7) is 45.3. The van der Waals surface area contributed by atoms with E-state index in [0.717, 1.165) is 145 Å². The smallest absolute Gasteiger partial charge is 0.407 e. The summed E-state index contributed by atoms with van der Waals surface area (Å²) in [7, 11) is 0. The zero-order valence-electron chi connectivity index (χ0n) is 84.9. The highest BCUT2D eigenvalue weighted by atomic mass is 16.6. The third kappa shape index (κ3) is 45.0. The number of nitrogens with one attached hydrogen (secondary N) is 6. The van der Waals surface area contributed by atoms with Crippen LogP contribution < -0.4 is 41.4 Å². The molecule has 7 aliphatic carbocycles. The molecule has 0 heterocycles. The molecule has 9 rings (SSSR count). The fourth-order valence-electron chi connectivity index (χ4n) is 20.5. The van der Waals surface area contributed by atoms with E-state index in [2.05, 4.69) is 174 Å². The van der Waals surface area contributed by atoms with Crippen LogP contribution in [0.3, 0.4) is 0 Å². The van der Waals surface area contributed by atoms with E-state index in [1.165, 1.54) is 12.2 Å². The number of amides is 6. The Balaban J connectivity index is 0.000000295. The normalized spacial score (nSPS) is 25.0. The molecule has 6 amide bonds. The number of esters is 6. The van der Waals surface area contributed by atoms with Gasteiger partial charge in [0.25, 0.3) is 0 Å². The van der Waals surface area contributed by atoms with Gasteiger partial charge in [0.15, 0.2) is 12.2 Å². The highest BCUT2D eigenvalue weighted by Gasteiger charge is 2.47. The number of benzene rings is 2. The molecule has 2 aromatic carbocycles. The first-order valence-corrected chi connectivity index (χ1v) is 49.4. The molecule has 0 bridgehead atoms. The van der Waals surface area contributed by atoms with Crippen molar-refractivity contribution in [3.63, 3.8) is 0 Å². The van der Waals surface area contributed by atoms with Gasteiger partial charge in [0, 0.05) is 79.8 Å². The number of carbonyl (C=O) groups excluding carboxylic acids is 12. The van der Waals surface area contributed by atoms with Crippen molar-refractivity contribution in [1.82, 2.24) is 31.9 Å². The minimum Gasteiger partial charge on any atom is -0.490 e. The van der Waals surface area contributed by atoms with Crippen molar-refractivity contribution in [3.05, 3.63) is 136 Å². The van der Waals surface area contributed by atoms with E-state index in [1.807, 2.05) is 26.0 Å². The van der Waals surface area contributed by atoms with Crippen LogP contribution in [-0.2, 0) is 85.6 Å². The van der Waals surface area contributed by atoms with Crippen LogP contribution in [0.1, 0.15) is 241 Å². The van der Waals surface area contributed by atoms with E-state index in [9.17, 15) is 57.5 Å². The number of carbonyl (C=O) groups is 12. The lowest BCUT2D eigenvalue weighted by Gasteiger charge is -2.46. The van der Waals surface area contributed by atoms with Gasteiger partial charge in [-0.25, -0.2) is 57.5 Å². The van der Waals surface area contributed by atoms with Gasteiger partial charge in [0.05, 0.1) is 26.4 Å². The second-order valence-electron chi connectivity index (χ2n) is 41.5. The molecule has 142 heavy (non-hydrogen) atoms. The Morgan fingerprint density at radius 1 is 0.345 bits per heavy atom. The lowest BCUT2D eigenvalue weighted by atomic mass is 9.62. The number of hydrogen-bond acceptors (Lipinski definition) is 26. The highest BCUT2D eigenvalue weighted by Crippen LogP contribution is 2.49. The zero-order chi connectivity index (χ0) is 104. The molecular formula is C110H150N6O26. The quantitative estimate of drug-likeness (QED) is 0.0157. The van der Waals surface area contributed by atoms with Crippen molar-refractivity contribution in [2.75, 3.05) is 72.5 Å². The minimum atomic E-state index is -0.953. The Morgan fingerprint density at radius 2 is 0.662 bits per heavy atom. The molecule has 6 N–H and O–H groups in total. The number of hydrogen-bond donors (Lipinski definition) is 6. The summed E-state index contributed by atoms with van der Waals surface area (Å²) >= 11 is 0. The van der Waals surface area contributed by atoms with Gasteiger partial charge in [-0.3, -0.25) is 0 Å². The molecule has 12 atom stereocenters. The average molecular weight is 1970 g/mol. The average Bonchev–Trinajstić information content (AvgIpc) is 0.803. The summed E-state index contributed by atoms with van der Waals surface area (Å²) in [4.78, 5) is 147. The van der Waals surface area contributed by atoms with E-state index < -0.39 is 102 Å². The van der Waals surface area contributed by atoms with E-state index >= 15 is 0 Å². The Bertz CT molecular complexity index is 4870. The lowest BCUT2D eigenvalue weighted by molar-refractivity contribution is -0.152. The van der Waals surface area contributed by atoms with Crippen LogP contribution in [0.15, 0.2) is 124 Å². The van der Waals surface area contributed by atoms with E-state index in [-0.39, 0.29) is 90.1 Å². The second-order valence-corrected chi connectivity index (χ2v) is 41.5. The minimum absolute atomic E-state index is 0.0113. The van der Waals surface area contributed by atoms with Crippen LogP contribution in [0.2, 0.25) is 0 Å². The molecule has 0 spiro atoms. The summed E-state index contributed by atoms with van der Waals surface area (Å²) in [5.74, 6) is 20.5. The number of alkyl carbamates (subject to hydrolysis) is 6. The molecule has 7 saturated carbocycles. The molecule has 0 radical (unpaired) electrons. The van der Waals surface area contributed by atoms with Crippen molar-refractivity contribution in [2.45, 2.75) is 291 Å². The van der Waals surface area contributed by atoms with Gasteiger partial charge in [0.1, 0.15) is 62.3 Å². The zero-order valence-corrected chi connectivity index (χ0v) is 84.9. The van der Waals surface area contributed by atoms with E-state index in [1.54, 1.807) is 43.3 Å². The Morgan fingerprint density at radius 3 is 1.06 bits per heavy atom. The number of aryl methyl sites for hydroxylation is 1. The SMILES string of the molecule is C=CC(=O)OC1CCCCC1OC(=O)NCC1(C)CC(NC(=O)OC2CCCCC2OC(=O)C=C)CC(C)(C)C1.C=CC(=O)OCC(COc1ccc(C)cc1)OC(=O)NCC1(C)CC(NC(=O)OC(COC(=O)C=C)COc2ccc(C#CC#CC#CC#CC)cc2)CC(C)(C)C1.C=CC(=O)OCC1CCC(COC(=O)NCC2(C)CC(NC(=O)OCC3CCC(COC(=O)C=C)CC3)CC(C)(C)C2)CC1. The predicted octanol–water partition coefficient (Wildman–Crippen LogP) is 17.3. The van der Waals surface area contributed by atoms with Gasteiger partial charge < -0.3 is 98.2 Å². The molecular weight excluding hydrogens is 1820 g/mol. The van der Waals surface area contributed by atoms with Crippen molar-refractivity contribution >= 4 is 72.4 Å². The van der Waals surface area contributed by atoms with Crippen LogP contribution >= 0.6 is 0 Å². The third-order valence-electron chi connectivity index (χ3n) is 26.1. The number of rotatable bonds is 39. The molecule has 0 aromatic heterocycles. The summed E-state index contributed by atoms with van der Waals surface area (Å²) in [5.41, 5.74) is 0.486. The van der Waals surface area contributed by atoms with Crippen molar-refractivity contribution in [2.24, 2.45) is 56.2 Å². The van der Waals surface area contributed by atoms with Gasteiger partial charge >= 0.3 is 72.4 Å². The maximum absolute atomic E-state index is 13.3. The van der Waals surface area contributed by atoms with Crippen LogP contribution in [0, 0.1) is 110 Å². The fourth-order valence-corrected chi connectivity index (χ4v) is 20.5. The van der Waals surface area contributed by atoms with E-state index in [0.29, 0.717) is 125 Å². The van der Waals surface area contributed by atoms with E-state index in [4.69, 9.17) is 66.3 Å². The molecule has 0 aliphatic heterocycles. The Hall–Kier alpha value is -12.8. The third-order valence-corrected chi connectivity index (χ3v) is 26.1. The van der Waals surface area contributed by atoms with Crippen LogP contribution in [0.25, 0.3) is 0 Å². The van der Waals surface area contributed by atoms with Gasteiger partial charge in [-0.1, -0.05) is 131 Å². The summed E-state index contributed by atoms with van der Waals surface area (Å²) < 4.78 is 77.0. The molecule has 0 saturated heterocycles. The summed E-state index contributed by atoms with van der Waals surface area (Å²) in [6, 6.07) is 13.7. The van der Waals surface area contributed by atoms with Crippen molar-refractivity contribution < 1.29 is 124 Å². The van der Waals surface area contributed by atoms with Crippen molar-refractivity contribution in [3.8, 4) is 58.9 Å². The Kier molecular flexibility index (Phi) is 47.9. The van der Waals surface area contributed by atoms with Crippen molar-refractivity contribution in [1.29, 1.82) is 0 Å². The topological polar surface area (TPSA) is 406 Å². The lowest BCUT2D eigenvalue weighted by Crippen LogP contribution is -2.51. The number of ether oxygens (including phenoxy) is 14. The molecule has 7 aliphatic rings. The summed E-state index contributed by atoms with van der Waals surface area (Å²) in [6.07, 6.45) is 19.9. The first-order chi connectivity index (χ1) is 67.5. The highest BCUT2D eigenvalue weighted by molar-refractivity contribution is 5.83. The first-order valence-electron chi connectivity index (χ1n) is 49.4. The molecule has 12 unspecified atom stereocenters. The monoisotopic (exact) mass is 1970 g/mol. The largest absolute Gasteiger partial charge is 0.490 e. The maximum atomic E-state index is 13.3. The standard InChI is InChI=1S/C46H50N2O10.C34H54N2O8.C30H46N2O8/c1-8-11-12-13-14-15-16-17-35-20-24-38(25-21-35)54-29-40(31-56-42(50)10-3)58-44(52)48-36-26-45(5,6)32-46(7,27-36)33-47-43(51)57-39(30-55-41(49)9-2)28-53-37-22-18-34(4)19-23-37;1-6-29(37)41-18-24-8-12-26(13-9-24)20-43-31(39)35-23-34(5)17-28(16-33(3,4)22-34)36-32(40)44-21-27-14-10-25(11-15-27)19-42-30(38)7-2;1-6-25(33)37-21-12-8-10-14-23(21)39-27(35)31-19-30(5)17-20(16-29(3,4)18-30)32-28(36)40-24-15-11-9-13-22(24)38-26(34)7-2/h9-10,18-25,36,39-40H,2-3,26-33H2,1,4-7H3,(H,47,51)(H,48,52);6-7,24-28H,1-2,8-23H2,3-5H3,(H,35,39)(H,36,40);6-7,20-24H,1-2,8-19H2,3-5H3,(H,31,35)(H,32,36). The molecule has 2 aromatic rings. The van der Waals surface area contributed by atoms with Gasteiger partial charge in [0.2, 0.25) is 0 Å². The molecule has 32 nitrogen and oxygen atoms in total.